The highest BCUT2D eigenvalue weighted by atomic mass is 79.9. The highest BCUT2D eigenvalue weighted by molar-refractivity contribution is 9.10. The number of hydrogen-bond donors (Lipinski definition) is 0. The highest BCUT2D eigenvalue weighted by Gasteiger charge is 2.07. The fourth-order valence-corrected chi connectivity index (χ4v) is 1.80. The lowest BCUT2D eigenvalue weighted by molar-refractivity contribution is 0.462. The van der Waals surface area contributed by atoms with Crippen molar-refractivity contribution in [2.75, 3.05) is 0 Å². The minimum absolute atomic E-state index is 0.333. The summed E-state index contributed by atoms with van der Waals surface area (Å²) in [6.45, 7) is 1.31. The molecule has 5 heteroatoms. The maximum atomic E-state index is 12.4. The average molecular weight is 244 g/mol. The fraction of sp³-hybridized carbons (Fsp3) is 0.250. The van der Waals surface area contributed by atoms with E-state index in [1.807, 2.05) is 13.0 Å². The summed E-state index contributed by atoms with van der Waals surface area (Å²) in [7, 11) is 0. The van der Waals surface area contributed by atoms with Crippen LogP contribution in [-0.2, 0) is 6.67 Å². The second-order valence-corrected chi connectivity index (χ2v) is 3.70. The Labute approximate surface area is 82.7 Å². The first kappa shape index (κ1) is 8.62. The minimum atomic E-state index is -0.600. The van der Waals surface area contributed by atoms with Crippen molar-refractivity contribution in [1.29, 1.82) is 0 Å². The van der Waals surface area contributed by atoms with Crippen molar-refractivity contribution in [2.45, 2.75) is 13.6 Å². The van der Waals surface area contributed by atoms with Crippen LogP contribution in [0.25, 0.3) is 5.65 Å². The van der Waals surface area contributed by atoms with Crippen LogP contribution in [0.5, 0.6) is 0 Å². The van der Waals surface area contributed by atoms with Gasteiger partial charge in [-0.25, -0.2) is 4.39 Å². The Morgan fingerprint density at radius 3 is 3.00 bits per heavy atom. The van der Waals surface area contributed by atoms with Gasteiger partial charge in [0.25, 0.3) is 0 Å². The van der Waals surface area contributed by atoms with E-state index in [0.717, 1.165) is 10.0 Å². The molecule has 0 aliphatic rings. The summed E-state index contributed by atoms with van der Waals surface area (Å²) in [5, 5.41) is 7.62. The Hall–Kier alpha value is -0.970. The van der Waals surface area contributed by atoms with Gasteiger partial charge >= 0.3 is 0 Å². The van der Waals surface area contributed by atoms with E-state index in [2.05, 4.69) is 26.1 Å². The van der Waals surface area contributed by atoms with Gasteiger partial charge in [-0.15, -0.1) is 10.2 Å². The Morgan fingerprint density at radius 2 is 2.31 bits per heavy atom. The topological polar surface area (TPSA) is 30.2 Å². The van der Waals surface area contributed by atoms with Gasteiger partial charge in [0.1, 0.15) is 6.67 Å². The third-order valence-electron chi connectivity index (χ3n) is 1.85. The summed E-state index contributed by atoms with van der Waals surface area (Å²) < 4.78 is 15.0. The molecule has 0 fully saturated rings. The predicted molar refractivity (Wildman–Crippen MR) is 50.2 cm³/mol. The molecule has 0 saturated carbocycles. The molecule has 2 aromatic heterocycles. The third-order valence-corrected chi connectivity index (χ3v) is 2.28. The first-order chi connectivity index (χ1) is 6.22. The summed E-state index contributed by atoms with van der Waals surface area (Å²) >= 11 is 3.33. The third kappa shape index (κ3) is 1.33. The molecular formula is C8H7BrFN3. The van der Waals surface area contributed by atoms with Gasteiger partial charge in [0.2, 0.25) is 0 Å². The molecule has 0 atom stereocenters. The molecule has 0 saturated heterocycles. The molecule has 2 rings (SSSR count). The molecule has 0 unspecified atom stereocenters. The van der Waals surface area contributed by atoms with Crippen molar-refractivity contribution >= 4 is 21.6 Å². The van der Waals surface area contributed by atoms with E-state index in [0.29, 0.717) is 11.5 Å². The molecule has 0 aliphatic carbocycles. The van der Waals surface area contributed by atoms with E-state index in [1.54, 1.807) is 10.6 Å². The van der Waals surface area contributed by atoms with E-state index in [9.17, 15) is 4.39 Å². The van der Waals surface area contributed by atoms with Crippen molar-refractivity contribution in [2.24, 2.45) is 0 Å². The lowest BCUT2D eigenvalue weighted by Crippen LogP contribution is -1.92. The largest absolute Gasteiger partial charge is 0.283 e. The number of aromatic nitrogens is 3. The minimum Gasteiger partial charge on any atom is -0.283 e. The van der Waals surface area contributed by atoms with Crippen molar-refractivity contribution in [3.63, 3.8) is 0 Å². The van der Waals surface area contributed by atoms with Crippen LogP contribution in [0.2, 0.25) is 0 Å². The van der Waals surface area contributed by atoms with Crippen LogP contribution in [0.1, 0.15) is 11.4 Å². The summed E-state index contributed by atoms with van der Waals surface area (Å²) in [6.07, 6.45) is 1.76. The van der Waals surface area contributed by atoms with Crippen LogP contribution >= 0.6 is 15.9 Å². The Kier molecular flexibility index (Phi) is 2.03. The van der Waals surface area contributed by atoms with Crippen LogP contribution in [0, 0.1) is 6.92 Å². The second kappa shape index (κ2) is 3.06. The summed E-state index contributed by atoms with van der Waals surface area (Å²) in [4.78, 5) is 0. The van der Waals surface area contributed by atoms with E-state index < -0.39 is 6.67 Å². The number of pyridine rings is 1. The fourth-order valence-electron chi connectivity index (χ4n) is 1.25. The zero-order valence-corrected chi connectivity index (χ0v) is 8.55. The first-order valence-electron chi connectivity index (χ1n) is 3.78. The number of halogens is 2. The Balaban J connectivity index is 2.82. The maximum Gasteiger partial charge on any atom is 0.168 e. The van der Waals surface area contributed by atoms with E-state index >= 15 is 0 Å². The maximum absolute atomic E-state index is 12.4. The molecule has 68 valence electrons. The number of nitrogens with zero attached hydrogens (tertiary/aromatic N) is 3. The SMILES string of the molecule is Cc1cc(Br)cn2c(CF)nnc12. The normalized spacial score (nSPS) is 11.0. The van der Waals surface area contributed by atoms with Crippen LogP contribution < -0.4 is 0 Å². The predicted octanol–water partition coefficient (Wildman–Crippen LogP) is 2.27. The van der Waals surface area contributed by atoms with Gasteiger partial charge in [0.15, 0.2) is 11.5 Å². The molecule has 0 N–H and O–H groups in total. The molecule has 0 aromatic carbocycles. The molecule has 2 aromatic rings. The summed E-state index contributed by atoms with van der Waals surface area (Å²) in [6, 6.07) is 1.92. The molecular weight excluding hydrogens is 237 g/mol. The molecule has 0 aliphatic heterocycles. The number of alkyl halides is 1. The molecule has 0 spiro atoms. The van der Waals surface area contributed by atoms with Crippen LogP contribution in [-0.4, -0.2) is 14.6 Å². The average Bonchev–Trinajstić information content (AvgIpc) is 2.47. The molecule has 0 amide bonds. The van der Waals surface area contributed by atoms with E-state index in [-0.39, 0.29) is 0 Å². The molecule has 2 heterocycles. The number of aryl methyl sites for hydroxylation is 1. The first-order valence-corrected chi connectivity index (χ1v) is 4.57. The van der Waals surface area contributed by atoms with Crippen LogP contribution in [0.3, 0.4) is 0 Å². The number of rotatable bonds is 1. The van der Waals surface area contributed by atoms with Crippen LogP contribution in [0.4, 0.5) is 4.39 Å². The lowest BCUT2D eigenvalue weighted by Gasteiger charge is -1.99. The number of hydrogen-bond acceptors (Lipinski definition) is 2. The zero-order valence-electron chi connectivity index (χ0n) is 6.96. The van der Waals surface area contributed by atoms with Gasteiger partial charge in [0.05, 0.1) is 0 Å². The van der Waals surface area contributed by atoms with Gasteiger partial charge in [-0.3, -0.25) is 4.40 Å². The van der Waals surface area contributed by atoms with Gasteiger partial charge in [-0.2, -0.15) is 0 Å². The van der Waals surface area contributed by atoms with Gasteiger partial charge in [-0.05, 0) is 34.5 Å². The molecule has 13 heavy (non-hydrogen) atoms. The van der Waals surface area contributed by atoms with Crippen molar-refractivity contribution in [3.05, 3.63) is 28.1 Å². The van der Waals surface area contributed by atoms with Crippen LogP contribution in [0.15, 0.2) is 16.7 Å². The standard InChI is InChI=1S/C8H7BrFN3/c1-5-2-6(9)4-13-7(3-10)11-12-8(5)13/h2,4H,3H2,1H3. The van der Waals surface area contributed by atoms with E-state index in [1.165, 1.54) is 0 Å². The highest BCUT2D eigenvalue weighted by Crippen LogP contribution is 2.16. The Bertz CT molecular complexity index is 452. The Morgan fingerprint density at radius 1 is 1.54 bits per heavy atom. The van der Waals surface area contributed by atoms with Crippen molar-refractivity contribution < 1.29 is 4.39 Å². The van der Waals surface area contributed by atoms with Gasteiger partial charge in [-0.1, -0.05) is 0 Å². The monoisotopic (exact) mass is 243 g/mol. The molecule has 0 radical (unpaired) electrons. The summed E-state index contributed by atoms with van der Waals surface area (Å²) in [5.74, 6) is 0.333. The van der Waals surface area contributed by atoms with Gasteiger partial charge in [0, 0.05) is 10.7 Å². The van der Waals surface area contributed by atoms with Gasteiger partial charge < -0.3 is 0 Å². The quantitative estimate of drug-likeness (QED) is 0.770. The second-order valence-electron chi connectivity index (χ2n) is 2.78. The number of fused-ring (bicyclic) bond motifs is 1. The van der Waals surface area contributed by atoms with E-state index in [4.69, 9.17) is 0 Å². The van der Waals surface area contributed by atoms with Crippen molar-refractivity contribution in [3.8, 4) is 0 Å². The smallest absolute Gasteiger partial charge is 0.168 e. The zero-order chi connectivity index (χ0) is 9.42. The molecule has 3 nitrogen and oxygen atoms in total. The molecule has 0 bridgehead atoms. The lowest BCUT2D eigenvalue weighted by atomic mass is 10.3. The summed E-state index contributed by atoms with van der Waals surface area (Å²) in [5.41, 5.74) is 1.68. The van der Waals surface area contributed by atoms with Crippen molar-refractivity contribution in [1.82, 2.24) is 14.6 Å².